The molecule has 0 aromatic heterocycles. The van der Waals surface area contributed by atoms with E-state index in [1.807, 2.05) is 4.90 Å². The van der Waals surface area contributed by atoms with Crippen LogP contribution >= 0.6 is 0 Å². The normalized spacial score (nSPS) is 31.8. The van der Waals surface area contributed by atoms with Gasteiger partial charge in [-0.3, -0.25) is 10.1 Å². The Morgan fingerprint density at radius 2 is 1.92 bits per heavy atom. The van der Waals surface area contributed by atoms with Crippen LogP contribution in [0.25, 0.3) is 0 Å². The molecular weight excluding hydrogens is 156 g/mol. The van der Waals surface area contributed by atoms with E-state index in [-0.39, 0.29) is 11.6 Å². The highest BCUT2D eigenvalue weighted by Crippen LogP contribution is 2.20. The number of likely N-dealkylation sites (tertiary alicyclic amines) is 1. The van der Waals surface area contributed by atoms with Crippen LogP contribution in [0.5, 0.6) is 0 Å². The zero-order valence-corrected chi connectivity index (χ0v) is 7.69. The molecule has 0 amide bonds. The van der Waals surface area contributed by atoms with E-state index in [9.17, 15) is 10.1 Å². The Bertz CT molecular complexity index is 162. The zero-order valence-electron chi connectivity index (χ0n) is 7.69. The molecule has 70 valence electrons. The monoisotopic (exact) mass is 172 g/mol. The van der Waals surface area contributed by atoms with E-state index in [2.05, 4.69) is 13.8 Å². The van der Waals surface area contributed by atoms with Crippen LogP contribution in [0.2, 0.25) is 0 Å². The van der Waals surface area contributed by atoms with Crippen molar-refractivity contribution in [1.29, 1.82) is 0 Å². The first-order valence-electron chi connectivity index (χ1n) is 4.42. The maximum Gasteiger partial charge on any atom is 0.259 e. The Hall–Kier alpha value is -0.640. The van der Waals surface area contributed by atoms with Gasteiger partial charge in [0.1, 0.15) is 0 Å². The van der Waals surface area contributed by atoms with Crippen LogP contribution < -0.4 is 0 Å². The highest BCUT2D eigenvalue weighted by molar-refractivity contribution is 4.72. The van der Waals surface area contributed by atoms with Crippen molar-refractivity contribution in [2.45, 2.75) is 20.3 Å². The van der Waals surface area contributed by atoms with E-state index < -0.39 is 0 Å². The summed E-state index contributed by atoms with van der Waals surface area (Å²) < 4.78 is 0. The third-order valence-electron chi connectivity index (χ3n) is 2.26. The highest BCUT2D eigenvalue weighted by Gasteiger charge is 2.23. The SMILES string of the molecule is CC1CC(C)CN(C[N+](=O)[O-])C1. The van der Waals surface area contributed by atoms with Gasteiger partial charge in [0.2, 0.25) is 0 Å². The first-order valence-corrected chi connectivity index (χ1v) is 4.42. The Morgan fingerprint density at radius 1 is 1.42 bits per heavy atom. The second kappa shape index (κ2) is 3.85. The fourth-order valence-electron chi connectivity index (χ4n) is 2.07. The lowest BCUT2D eigenvalue weighted by atomic mass is 9.92. The van der Waals surface area contributed by atoms with Crippen LogP contribution in [0.1, 0.15) is 20.3 Å². The number of hydrogen-bond acceptors (Lipinski definition) is 3. The molecule has 12 heavy (non-hydrogen) atoms. The molecule has 1 saturated heterocycles. The number of rotatable bonds is 2. The van der Waals surface area contributed by atoms with E-state index in [1.165, 1.54) is 6.42 Å². The largest absolute Gasteiger partial charge is 0.263 e. The van der Waals surface area contributed by atoms with Gasteiger partial charge in [-0.25, -0.2) is 4.90 Å². The van der Waals surface area contributed by atoms with Crippen molar-refractivity contribution in [2.24, 2.45) is 11.8 Å². The van der Waals surface area contributed by atoms with Crippen molar-refractivity contribution in [3.63, 3.8) is 0 Å². The van der Waals surface area contributed by atoms with Crippen molar-refractivity contribution in [3.05, 3.63) is 10.1 Å². The zero-order chi connectivity index (χ0) is 9.14. The van der Waals surface area contributed by atoms with Crippen LogP contribution in [0, 0.1) is 22.0 Å². The lowest BCUT2D eigenvalue weighted by Crippen LogP contribution is -2.41. The van der Waals surface area contributed by atoms with Crippen LogP contribution in [0.15, 0.2) is 0 Å². The van der Waals surface area contributed by atoms with Gasteiger partial charge in [0.05, 0.1) is 0 Å². The van der Waals surface area contributed by atoms with Crippen LogP contribution in [-0.2, 0) is 0 Å². The Morgan fingerprint density at radius 3 is 2.33 bits per heavy atom. The summed E-state index contributed by atoms with van der Waals surface area (Å²) in [7, 11) is 0. The van der Waals surface area contributed by atoms with Gasteiger partial charge in [0, 0.05) is 18.0 Å². The van der Waals surface area contributed by atoms with Crippen molar-refractivity contribution in [3.8, 4) is 0 Å². The molecule has 0 aromatic rings. The molecule has 0 saturated carbocycles. The lowest BCUT2D eigenvalue weighted by molar-refractivity contribution is -0.505. The topological polar surface area (TPSA) is 46.4 Å². The molecule has 0 spiro atoms. The summed E-state index contributed by atoms with van der Waals surface area (Å²) in [5, 5.41) is 10.2. The van der Waals surface area contributed by atoms with Crippen molar-refractivity contribution >= 4 is 0 Å². The summed E-state index contributed by atoms with van der Waals surface area (Å²) in [5.74, 6) is 1.21. The number of hydrogen-bond donors (Lipinski definition) is 0. The molecule has 2 atom stereocenters. The molecule has 1 fully saturated rings. The molecule has 2 unspecified atom stereocenters. The van der Waals surface area contributed by atoms with Gasteiger partial charge >= 0.3 is 0 Å². The molecule has 0 N–H and O–H groups in total. The molecule has 0 aromatic carbocycles. The Labute approximate surface area is 72.7 Å². The standard InChI is InChI=1S/C8H16N2O2/c1-7-3-8(2)5-9(4-7)6-10(11)12/h7-8H,3-6H2,1-2H3. The summed E-state index contributed by atoms with van der Waals surface area (Å²) in [6.07, 6.45) is 1.20. The maximum absolute atomic E-state index is 10.2. The van der Waals surface area contributed by atoms with Gasteiger partial charge in [-0.1, -0.05) is 13.8 Å². The predicted molar refractivity (Wildman–Crippen MR) is 46.4 cm³/mol. The van der Waals surface area contributed by atoms with Gasteiger partial charge in [0.15, 0.2) is 0 Å². The second-order valence-electron chi connectivity index (χ2n) is 3.96. The van der Waals surface area contributed by atoms with Gasteiger partial charge in [-0.15, -0.1) is 0 Å². The minimum Gasteiger partial charge on any atom is -0.263 e. The quantitative estimate of drug-likeness (QED) is 0.464. The molecule has 1 aliphatic heterocycles. The van der Waals surface area contributed by atoms with Crippen molar-refractivity contribution in [2.75, 3.05) is 19.8 Å². The second-order valence-corrected chi connectivity index (χ2v) is 3.96. The maximum atomic E-state index is 10.2. The first kappa shape index (κ1) is 9.45. The molecule has 4 nitrogen and oxygen atoms in total. The van der Waals surface area contributed by atoms with E-state index >= 15 is 0 Å². The molecule has 1 aliphatic rings. The summed E-state index contributed by atoms with van der Waals surface area (Å²) in [6, 6.07) is 0. The van der Waals surface area contributed by atoms with Crippen molar-refractivity contribution in [1.82, 2.24) is 4.90 Å². The molecular formula is C8H16N2O2. The summed E-state index contributed by atoms with van der Waals surface area (Å²) in [5.41, 5.74) is 0. The van der Waals surface area contributed by atoms with Gasteiger partial charge < -0.3 is 0 Å². The lowest BCUT2D eigenvalue weighted by Gasteiger charge is -2.31. The number of nitrogens with zero attached hydrogens (tertiary/aromatic N) is 2. The summed E-state index contributed by atoms with van der Waals surface area (Å²) in [4.78, 5) is 11.9. The average molecular weight is 172 g/mol. The molecule has 0 bridgehead atoms. The molecule has 0 radical (unpaired) electrons. The minimum absolute atomic E-state index is 0.00861. The van der Waals surface area contributed by atoms with E-state index in [1.54, 1.807) is 0 Å². The molecule has 1 heterocycles. The fourth-order valence-corrected chi connectivity index (χ4v) is 2.07. The van der Waals surface area contributed by atoms with Gasteiger partial charge in [-0.2, -0.15) is 0 Å². The van der Waals surface area contributed by atoms with E-state index in [0.717, 1.165) is 13.1 Å². The predicted octanol–water partition coefficient (Wildman–Crippen LogP) is 1.20. The van der Waals surface area contributed by atoms with Crippen LogP contribution in [0.4, 0.5) is 0 Å². The average Bonchev–Trinajstić information content (AvgIpc) is 1.81. The Kier molecular flexibility index (Phi) is 3.03. The summed E-state index contributed by atoms with van der Waals surface area (Å²) in [6.45, 7) is 6.08. The molecule has 1 rings (SSSR count). The summed E-state index contributed by atoms with van der Waals surface area (Å²) >= 11 is 0. The number of nitro groups is 1. The first-order chi connectivity index (χ1) is 5.58. The van der Waals surface area contributed by atoms with Crippen LogP contribution in [-0.4, -0.2) is 29.6 Å². The van der Waals surface area contributed by atoms with Gasteiger partial charge in [0.25, 0.3) is 6.67 Å². The van der Waals surface area contributed by atoms with E-state index in [4.69, 9.17) is 0 Å². The smallest absolute Gasteiger partial charge is 0.259 e. The highest BCUT2D eigenvalue weighted by atomic mass is 16.6. The van der Waals surface area contributed by atoms with Crippen molar-refractivity contribution < 1.29 is 4.92 Å². The Balaban J connectivity index is 2.38. The van der Waals surface area contributed by atoms with Gasteiger partial charge in [-0.05, 0) is 18.3 Å². The molecule has 4 heteroatoms. The molecule has 0 aliphatic carbocycles. The third kappa shape index (κ3) is 2.77. The minimum atomic E-state index is -0.245. The van der Waals surface area contributed by atoms with Crippen LogP contribution in [0.3, 0.4) is 0 Å². The van der Waals surface area contributed by atoms with E-state index in [0.29, 0.717) is 11.8 Å². The third-order valence-corrected chi connectivity index (χ3v) is 2.26. The number of piperidine rings is 1. The fraction of sp³-hybridized carbons (Fsp3) is 1.00.